The molecule has 3 N–H and O–H groups in total. The van der Waals surface area contributed by atoms with Crippen LogP contribution >= 0.6 is 0 Å². The Labute approximate surface area is 96.1 Å². The van der Waals surface area contributed by atoms with Crippen LogP contribution in [0.15, 0.2) is 12.1 Å². The van der Waals surface area contributed by atoms with Crippen molar-refractivity contribution in [1.82, 2.24) is 10.4 Å². The number of rotatable bonds is 3. The van der Waals surface area contributed by atoms with Crippen LogP contribution in [0.3, 0.4) is 0 Å². The number of carbonyl (C=O) groups excluding carboxylic acids is 1. The molecule has 0 heterocycles. The van der Waals surface area contributed by atoms with Gasteiger partial charge in [0.15, 0.2) is 5.82 Å². The van der Waals surface area contributed by atoms with Crippen molar-refractivity contribution in [2.45, 2.75) is 0 Å². The van der Waals surface area contributed by atoms with Crippen LogP contribution in [0.5, 0.6) is 0 Å². The van der Waals surface area contributed by atoms with E-state index in [0.29, 0.717) is 6.07 Å². The standard InChI is InChI=1S/C9H11FN4O3/c1-13(2)12-9(15)5-3-7(11)6(10)4-8(5)14(16)17/h3-4H,11H2,1-2H3,(H,12,15). The second kappa shape index (κ2) is 4.74. The van der Waals surface area contributed by atoms with Gasteiger partial charge < -0.3 is 5.73 Å². The third-order valence-corrected chi connectivity index (χ3v) is 1.88. The molecule has 7 nitrogen and oxygen atoms in total. The highest BCUT2D eigenvalue weighted by Gasteiger charge is 2.23. The Bertz CT molecular complexity index is 476. The van der Waals surface area contributed by atoms with E-state index in [1.807, 2.05) is 0 Å². The lowest BCUT2D eigenvalue weighted by Crippen LogP contribution is -2.36. The molecule has 8 heteroatoms. The molecule has 0 fully saturated rings. The summed E-state index contributed by atoms with van der Waals surface area (Å²) in [6, 6.07) is 1.56. The maximum absolute atomic E-state index is 13.1. The normalized spacial score (nSPS) is 10.4. The quantitative estimate of drug-likeness (QED) is 0.457. The van der Waals surface area contributed by atoms with Gasteiger partial charge in [-0.25, -0.2) is 9.40 Å². The zero-order valence-corrected chi connectivity index (χ0v) is 9.23. The Morgan fingerprint density at radius 3 is 2.59 bits per heavy atom. The summed E-state index contributed by atoms with van der Waals surface area (Å²) in [5, 5.41) is 12.0. The van der Waals surface area contributed by atoms with E-state index in [-0.39, 0.29) is 11.3 Å². The smallest absolute Gasteiger partial charge is 0.285 e. The van der Waals surface area contributed by atoms with Crippen LogP contribution in [0.4, 0.5) is 15.8 Å². The maximum Gasteiger partial charge on any atom is 0.285 e. The maximum atomic E-state index is 13.1. The second-order valence-corrected chi connectivity index (χ2v) is 3.48. The third kappa shape index (κ3) is 2.88. The highest BCUT2D eigenvalue weighted by atomic mass is 19.1. The number of hydrogen-bond acceptors (Lipinski definition) is 5. The molecule has 0 spiro atoms. The largest absolute Gasteiger partial charge is 0.396 e. The van der Waals surface area contributed by atoms with E-state index < -0.39 is 22.3 Å². The van der Waals surface area contributed by atoms with Gasteiger partial charge in [0, 0.05) is 14.1 Å². The summed E-state index contributed by atoms with van der Waals surface area (Å²) in [5.74, 6) is -1.66. The SMILES string of the molecule is CN(C)NC(=O)c1cc(N)c(F)cc1[N+](=O)[O-]. The van der Waals surface area contributed by atoms with Gasteiger partial charge in [0.25, 0.3) is 11.6 Å². The van der Waals surface area contributed by atoms with Crippen LogP contribution in [-0.2, 0) is 0 Å². The fraction of sp³-hybridized carbons (Fsp3) is 0.222. The third-order valence-electron chi connectivity index (χ3n) is 1.88. The van der Waals surface area contributed by atoms with E-state index in [0.717, 1.165) is 6.07 Å². The Morgan fingerprint density at radius 1 is 1.53 bits per heavy atom. The lowest BCUT2D eigenvalue weighted by molar-refractivity contribution is -0.385. The van der Waals surface area contributed by atoms with Crippen molar-refractivity contribution in [2.24, 2.45) is 0 Å². The zero-order valence-electron chi connectivity index (χ0n) is 9.23. The Hall–Kier alpha value is -2.22. The van der Waals surface area contributed by atoms with Crippen LogP contribution in [0.25, 0.3) is 0 Å². The molecule has 1 amide bonds. The molecule has 0 unspecified atom stereocenters. The number of nitro benzene ring substituents is 1. The average molecular weight is 242 g/mol. The van der Waals surface area contributed by atoms with Crippen LogP contribution in [-0.4, -0.2) is 29.9 Å². The van der Waals surface area contributed by atoms with Gasteiger partial charge in [0.1, 0.15) is 5.56 Å². The number of nitrogens with one attached hydrogen (secondary N) is 1. The number of amides is 1. The van der Waals surface area contributed by atoms with E-state index in [1.165, 1.54) is 19.1 Å². The first-order valence-corrected chi connectivity index (χ1v) is 4.54. The van der Waals surface area contributed by atoms with Gasteiger partial charge in [-0.15, -0.1) is 0 Å². The number of nitrogen functional groups attached to an aromatic ring is 1. The molecule has 0 aliphatic rings. The lowest BCUT2D eigenvalue weighted by atomic mass is 10.1. The van der Waals surface area contributed by atoms with Gasteiger partial charge in [0.2, 0.25) is 0 Å². The van der Waals surface area contributed by atoms with Crippen molar-refractivity contribution in [3.63, 3.8) is 0 Å². The van der Waals surface area contributed by atoms with Crippen molar-refractivity contribution in [3.05, 3.63) is 33.6 Å². The monoisotopic (exact) mass is 242 g/mol. The summed E-state index contributed by atoms with van der Waals surface area (Å²) >= 11 is 0. The van der Waals surface area contributed by atoms with Crippen molar-refractivity contribution in [3.8, 4) is 0 Å². The molecule has 0 bridgehead atoms. The summed E-state index contributed by atoms with van der Waals surface area (Å²) < 4.78 is 13.1. The van der Waals surface area contributed by atoms with E-state index in [2.05, 4.69) is 5.43 Å². The number of nitrogens with zero attached hydrogens (tertiary/aromatic N) is 2. The Kier molecular flexibility index (Phi) is 3.59. The summed E-state index contributed by atoms with van der Waals surface area (Å²) in [4.78, 5) is 21.4. The minimum atomic E-state index is -0.932. The molecule has 1 aromatic carbocycles. The number of benzene rings is 1. The first kappa shape index (κ1) is 12.8. The van der Waals surface area contributed by atoms with Crippen LogP contribution in [0, 0.1) is 15.9 Å². The summed E-state index contributed by atoms with van der Waals surface area (Å²) in [6.07, 6.45) is 0. The molecule has 17 heavy (non-hydrogen) atoms. The predicted octanol–water partition coefficient (Wildman–Crippen LogP) is 0.522. The molecular weight excluding hydrogens is 231 g/mol. The van der Waals surface area contributed by atoms with Crippen LogP contribution < -0.4 is 11.2 Å². The number of hydrazine groups is 1. The zero-order chi connectivity index (χ0) is 13.2. The summed E-state index contributed by atoms with van der Waals surface area (Å²) in [7, 11) is 3.08. The number of nitrogens with two attached hydrogens (primary N) is 1. The Balaban J connectivity index is 3.26. The molecule has 0 atom stereocenters. The van der Waals surface area contributed by atoms with E-state index >= 15 is 0 Å². The lowest BCUT2D eigenvalue weighted by Gasteiger charge is -2.12. The molecule has 1 aromatic rings. The highest BCUT2D eigenvalue weighted by Crippen LogP contribution is 2.24. The van der Waals surface area contributed by atoms with E-state index in [4.69, 9.17) is 5.73 Å². The fourth-order valence-corrected chi connectivity index (χ4v) is 1.18. The molecule has 0 radical (unpaired) electrons. The van der Waals surface area contributed by atoms with Gasteiger partial charge in [0.05, 0.1) is 16.7 Å². The van der Waals surface area contributed by atoms with Gasteiger partial charge in [-0.05, 0) is 6.07 Å². The summed E-state index contributed by atoms with van der Waals surface area (Å²) in [6.45, 7) is 0. The van der Waals surface area contributed by atoms with Crippen molar-refractivity contribution in [2.75, 3.05) is 19.8 Å². The van der Waals surface area contributed by atoms with Gasteiger partial charge in [-0.3, -0.25) is 20.3 Å². The molecular formula is C9H11FN4O3. The minimum Gasteiger partial charge on any atom is -0.396 e. The predicted molar refractivity (Wildman–Crippen MR) is 58.6 cm³/mol. The van der Waals surface area contributed by atoms with Gasteiger partial charge in [-0.1, -0.05) is 0 Å². The molecule has 0 saturated carbocycles. The number of halogens is 1. The van der Waals surface area contributed by atoms with Crippen LogP contribution in [0.2, 0.25) is 0 Å². The number of carbonyl (C=O) groups is 1. The van der Waals surface area contributed by atoms with E-state index in [1.54, 1.807) is 0 Å². The van der Waals surface area contributed by atoms with Gasteiger partial charge in [-0.2, -0.15) is 0 Å². The van der Waals surface area contributed by atoms with Crippen LogP contribution in [0.1, 0.15) is 10.4 Å². The molecule has 1 rings (SSSR count). The fourth-order valence-electron chi connectivity index (χ4n) is 1.18. The van der Waals surface area contributed by atoms with Gasteiger partial charge >= 0.3 is 0 Å². The van der Waals surface area contributed by atoms with E-state index in [9.17, 15) is 19.3 Å². The number of nitro groups is 1. The molecule has 0 saturated heterocycles. The topological polar surface area (TPSA) is 102 Å². The molecule has 0 aromatic heterocycles. The first-order chi connectivity index (χ1) is 7.82. The molecule has 92 valence electrons. The average Bonchev–Trinajstić information content (AvgIpc) is 2.19. The number of hydrogen-bond donors (Lipinski definition) is 2. The second-order valence-electron chi connectivity index (χ2n) is 3.48. The van der Waals surface area contributed by atoms with Crippen molar-refractivity contribution in [1.29, 1.82) is 0 Å². The Morgan fingerprint density at radius 2 is 2.12 bits per heavy atom. The molecule has 0 aliphatic carbocycles. The minimum absolute atomic E-state index is 0.289. The summed E-state index contributed by atoms with van der Waals surface area (Å²) in [5.41, 5.74) is 6.34. The highest BCUT2D eigenvalue weighted by molar-refractivity contribution is 5.98. The van der Waals surface area contributed by atoms with Crippen molar-refractivity contribution >= 4 is 17.3 Å². The molecule has 0 aliphatic heterocycles. The first-order valence-electron chi connectivity index (χ1n) is 4.54. The van der Waals surface area contributed by atoms with Crippen molar-refractivity contribution < 1.29 is 14.1 Å². The number of anilines is 1.